The van der Waals surface area contributed by atoms with Crippen molar-refractivity contribution in [2.75, 3.05) is 5.32 Å². The summed E-state index contributed by atoms with van der Waals surface area (Å²) in [6.45, 7) is 12.5. The molecule has 7 nitrogen and oxygen atoms in total. The zero-order valence-corrected chi connectivity index (χ0v) is 23.7. The number of rotatable bonds is 11. The first kappa shape index (κ1) is 30.6. The zero-order chi connectivity index (χ0) is 28.3. The Morgan fingerprint density at radius 1 is 0.816 bits per heavy atom. The van der Waals surface area contributed by atoms with Crippen LogP contribution in [0.2, 0.25) is 0 Å². The van der Waals surface area contributed by atoms with Crippen molar-refractivity contribution in [1.29, 1.82) is 0 Å². The summed E-state index contributed by atoms with van der Waals surface area (Å²) < 4.78 is 16.6. The number of aryl methyl sites for hydroxylation is 1. The molecule has 1 N–H and O–H groups in total. The lowest BCUT2D eigenvalue weighted by molar-refractivity contribution is -0.154. The number of para-hydroxylation sites is 2. The largest absolute Gasteiger partial charge is 0.457 e. The second-order valence-electron chi connectivity index (χ2n) is 11.1. The normalized spacial score (nSPS) is 12.0. The molecule has 0 saturated carbocycles. The Hall–Kier alpha value is -3.61. The Bertz CT molecular complexity index is 1120. The van der Waals surface area contributed by atoms with E-state index in [1.54, 1.807) is 77.9 Å². The van der Waals surface area contributed by atoms with Crippen molar-refractivity contribution in [1.82, 2.24) is 0 Å². The van der Waals surface area contributed by atoms with E-state index in [0.717, 1.165) is 18.9 Å². The van der Waals surface area contributed by atoms with Crippen LogP contribution in [0.25, 0.3) is 0 Å². The van der Waals surface area contributed by atoms with E-state index in [2.05, 4.69) is 12.2 Å². The minimum absolute atomic E-state index is 0.175. The predicted octanol–water partition coefficient (Wildman–Crippen LogP) is 7.01. The first-order valence-corrected chi connectivity index (χ1v) is 13.1. The van der Waals surface area contributed by atoms with Crippen LogP contribution in [0.15, 0.2) is 60.4 Å². The van der Waals surface area contributed by atoms with Crippen molar-refractivity contribution in [2.24, 2.45) is 0 Å². The van der Waals surface area contributed by atoms with Crippen molar-refractivity contribution in [2.45, 2.75) is 91.8 Å². The Balaban J connectivity index is 2.22. The molecule has 2 rings (SSSR count). The van der Waals surface area contributed by atoms with E-state index >= 15 is 0 Å². The topological polar surface area (TPSA) is 90.9 Å². The van der Waals surface area contributed by atoms with Crippen LogP contribution >= 0.6 is 0 Å². The molecule has 0 bridgehead atoms. The molecule has 0 aliphatic rings. The van der Waals surface area contributed by atoms with Gasteiger partial charge in [0.05, 0.1) is 11.8 Å². The standard InChI is InChI=1S/C31H41NO6/c1-8-9-10-11-14-22-17-19-23(20-18-22)28(34)32-24-15-12-13-16-25(24)36-26(29(35)38-31(5,6)7)21-27(33)37-30(2,3)4/h12-13,15-21H,8-11,14H2,1-7H3,(H,32,34)/b26-21+. The Morgan fingerprint density at radius 2 is 1.45 bits per heavy atom. The van der Waals surface area contributed by atoms with Gasteiger partial charge < -0.3 is 19.5 Å². The summed E-state index contributed by atoms with van der Waals surface area (Å²) in [5.41, 5.74) is 0.441. The number of carbonyl (C=O) groups excluding carboxylic acids is 3. The van der Waals surface area contributed by atoms with Gasteiger partial charge in [0, 0.05) is 5.56 Å². The number of anilines is 1. The fraction of sp³-hybridized carbons (Fsp3) is 0.452. The Kier molecular flexibility index (Phi) is 11.1. The third kappa shape index (κ3) is 11.2. The highest BCUT2D eigenvalue weighted by molar-refractivity contribution is 6.05. The van der Waals surface area contributed by atoms with Gasteiger partial charge in [-0.2, -0.15) is 0 Å². The average molecular weight is 524 g/mol. The fourth-order valence-corrected chi connectivity index (χ4v) is 3.45. The third-order valence-electron chi connectivity index (χ3n) is 5.15. The van der Waals surface area contributed by atoms with Crippen LogP contribution in [0, 0.1) is 0 Å². The van der Waals surface area contributed by atoms with Crippen molar-refractivity contribution >= 4 is 23.5 Å². The van der Waals surface area contributed by atoms with E-state index in [1.165, 1.54) is 24.8 Å². The third-order valence-corrected chi connectivity index (χ3v) is 5.15. The molecule has 38 heavy (non-hydrogen) atoms. The summed E-state index contributed by atoms with van der Waals surface area (Å²) in [6.07, 6.45) is 6.68. The van der Waals surface area contributed by atoms with Crippen LogP contribution in [0.5, 0.6) is 5.75 Å². The highest BCUT2D eigenvalue weighted by Gasteiger charge is 2.25. The van der Waals surface area contributed by atoms with E-state index in [9.17, 15) is 14.4 Å². The molecule has 0 atom stereocenters. The lowest BCUT2D eigenvalue weighted by Crippen LogP contribution is -2.28. The molecular formula is C31H41NO6. The number of ether oxygens (including phenoxy) is 3. The molecule has 0 unspecified atom stereocenters. The van der Waals surface area contributed by atoms with E-state index < -0.39 is 23.1 Å². The first-order valence-electron chi connectivity index (χ1n) is 13.1. The molecule has 0 spiro atoms. The van der Waals surface area contributed by atoms with Gasteiger partial charge in [0.15, 0.2) is 5.75 Å². The van der Waals surface area contributed by atoms with Gasteiger partial charge in [0.2, 0.25) is 5.76 Å². The lowest BCUT2D eigenvalue weighted by Gasteiger charge is -2.22. The fourth-order valence-electron chi connectivity index (χ4n) is 3.45. The highest BCUT2D eigenvalue weighted by atomic mass is 16.6. The first-order chi connectivity index (χ1) is 17.8. The number of esters is 2. The maximum atomic E-state index is 13.0. The summed E-state index contributed by atoms with van der Waals surface area (Å²) in [5, 5.41) is 2.83. The second kappa shape index (κ2) is 13.8. The lowest BCUT2D eigenvalue weighted by atomic mass is 10.0. The predicted molar refractivity (Wildman–Crippen MR) is 149 cm³/mol. The van der Waals surface area contributed by atoms with Crippen molar-refractivity contribution in [3.05, 3.63) is 71.5 Å². The van der Waals surface area contributed by atoms with Crippen LogP contribution in [-0.2, 0) is 25.5 Å². The van der Waals surface area contributed by atoms with E-state index in [1.807, 2.05) is 12.1 Å². The van der Waals surface area contributed by atoms with Crippen molar-refractivity contribution in [3.63, 3.8) is 0 Å². The number of hydrogen-bond donors (Lipinski definition) is 1. The summed E-state index contributed by atoms with van der Waals surface area (Å²) in [5.74, 6) is -2.10. The summed E-state index contributed by atoms with van der Waals surface area (Å²) in [6, 6.07) is 14.2. The summed E-state index contributed by atoms with van der Waals surface area (Å²) in [4.78, 5) is 38.3. The quantitative estimate of drug-likeness (QED) is 0.147. The molecule has 0 aliphatic carbocycles. The van der Waals surface area contributed by atoms with Crippen LogP contribution in [0.4, 0.5) is 5.69 Å². The Labute approximate surface area is 226 Å². The summed E-state index contributed by atoms with van der Waals surface area (Å²) >= 11 is 0. The molecule has 0 heterocycles. The average Bonchev–Trinajstić information content (AvgIpc) is 2.80. The second-order valence-corrected chi connectivity index (χ2v) is 11.1. The van der Waals surface area contributed by atoms with Crippen LogP contribution in [0.3, 0.4) is 0 Å². The molecule has 2 aromatic rings. The van der Waals surface area contributed by atoms with Gasteiger partial charge in [-0.1, -0.05) is 50.5 Å². The van der Waals surface area contributed by atoms with Crippen molar-refractivity contribution in [3.8, 4) is 5.75 Å². The van der Waals surface area contributed by atoms with Gasteiger partial charge in [-0.25, -0.2) is 9.59 Å². The van der Waals surface area contributed by atoms with Crippen LogP contribution in [-0.4, -0.2) is 29.0 Å². The molecule has 0 radical (unpaired) electrons. The maximum Gasteiger partial charge on any atom is 0.375 e. The number of unbranched alkanes of at least 4 members (excludes halogenated alkanes) is 3. The minimum Gasteiger partial charge on any atom is -0.457 e. The Morgan fingerprint density at radius 3 is 2.05 bits per heavy atom. The number of carbonyl (C=O) groups is 3. The molecule has 1 amide bonds. The number of nitrogens with one attached hydrogen (secondary N) is 1. The molecule has 0 fully saturated rings. The van der Waals surface area contributed by atoms with Gasteiger partial charge in [-0.3, -0.25) is 4.79 Å². The SMILES string of the molecule is CCCCCCc1ccc(C(=O)Nc2ccccc2O/C(=C/C(=O)OC(C)(C)C)C(=O)OC(C)(C)C)cc1. The molecular weight excluding hydrogens is 482 g/mol. The van der Waals surface area contributed by atoms with E-state index in [-0.39, 0.29) is 17.4 Å². The van der Waals surface area contributed by atoms with Gasteiger partial charge in [0.25, 0.3) is 5.91 Å². The van der Waals surface area contributed by atoms with Crippen molar-refractivity contribution < 1.29 is 28.6 Å². The van der Waals surface area contributed by atoms with Gasteiger partial charge in [-0.15, -0.1) is 0 Å². The molecule has 0 saturated heterocycles. The smallest absolute Gasteiger partial charge is 0.375 e. The molecule has 0 aliphatic heterocycles. The maximum absolute atomic E-state index is 13.0. The minimum atomic E-state index is -0.834. The molecule has 7 heteroatoms. The van der Waals surface area contributed by atoms with E-state index in [0.29, 0.717) is 11.3 Å². The van der Waals surface area contributed by atoms with Crippen LogP contribution in [0.1, 0.15) is 90.1 Å². The highest BCUT2D eigenvalue weighted by Crippen LogP contribution is 2.27. The van der Waals surface area contributed by atoms with Gasteiger partial charge in [0.1, 0.15) is 11.2 Å². The zero-order valence-electron chi connectivity index (χ0n) is 23.7. The van der Waals surface area contributed by atoms with Crippen LogP contribution < -0.4 is 10.1 Å². The number of hydrogen-bond acceptors (Lipinski definition) is 6. The summed E-state index contributed by atoms with van der Waals surface area (Å²) in [7, 11) is 0. The monoisotopic (exact) mass is 523 g/mol. The molecule has 2 aromatic carbocycles. The van der Waals surface area contributed by atoms with Gasteiger partial charge >= 0.3 is 11.9 Å². The van der Waals surface area contributed by atoms with Gasteiger partial charge in [-0.05, 0) is 84.2 Å². The molecule has 206 valence electrons. The van der Waals surface area contributed by atoms with E-state index in [4.69, 9.17) is 14.2 Å². The number of benzene rings is 2. The number of amides is 1. The molecule has 0 aromatic heterocycles.